The molecular weight excluding hydrogens is 250 g/mol. The molecule has 5 heteroatoms. The first-order valence-corrected chi connectivity index (χ1v) is 6.55. The first-order valence-electron chi connectivity index (χ1n) is 6.55. The monoisotopic (exact) mass is 265 g/mol. The molecule has 0 aliphatic rings. The van der Waals surface area contributed by atoms with Crippen LogP contribution in [0.3, 0.4) is 0 Å². The average molecular weight is 265 g/mol. The van der Waals surface area contributed by atoms with Crippen LogP contribution in [-0.2, 0) is 13.6 Å². The molecule has 0 aliphatic carbocycles. The summed E-state index contributed by atoms with van der Waals surface area (Å²) in [6.07, 6.45) is 0. The van der Waals surface area contributed by atoms with Crippen LogP contribution in [0.4, 0.5) is 0 Å². The van der Waals surface area contributed by atoms with Crippen LogP contribution >= 0.6 is 0 Å². The standard InChI is InChI=1S/C15H15N5/c1-4-20-14(7-10(2)18-20)15-17-12-6-5-11(9-16)8-13(12)19(15)3/h5-8H,4H2,1-3H3. The molecule has 0 spiro atoms. The van der Waals surface area contributed by atoms with Gasteiger partial charge in [-0.3, -0.25) is 4.68 Å². The van der Waals surface area contributed by atoms with E-state index in [2.05, 4.69) is 23.1 Å². The van der Waals surface area contributed by atoms with Crippen LogP contribution in [0.2, 0.25) is 0 Å². The van der Waals surface area contributed by atoms with Gasteiger partial charge in [-0.1, -0.05) is 0 Å². The minimum Gasteiger partial charge on any atom is -0.326 e. The molecule has 0 aliphatic heterocycles. The molecule has 2 aromatic heterocycles. The maximum atomic E-state index is 9.00. The lowest BCUT2D eigenvalue weighted by molar-refractivity contribution is 0.655. The van der Waals surface area contributed by atoms with Crippen LogP contribution in [0.25, 0.3) is 22.6 Å². The summed E-state index contributed by atoms with van der Waals surface area (Å²) in [5.41, 5.74) is 4.48. The highest BCUT2D eigenvalue weighted by Crippen LogP contribution is 2.25. The molecule has 0 N–H and O–H groups in total. The van der Waals surface area contributed by atoms with Crippen molar-refractivity contribution in [3.05, 3.63) is 35.5 Å². The largest absolute Gasteiger partial charge is 0.326 e. The van der Waals surface area contributed by atoms with Gasteiger partial charge in [0.1, 0.15) is 5.69 Å². The van der Waals surface area contributed by atoms with E-state index in [4.69, 9.17) is 5.26 Å². The van der Waals surface area contributed by atoms with Gasteiger partial charge in [0.2, 0.25) is 0 Å². The number of hydrogen-bond donors (Lipinski definition) is 0. The Morgan fingerprint density at radius 1 is 1.30 bits per heavy atom. The zero-order valence-electron chi connectivity index (χ0n) is 11.8. The molecule has 0 saturated heterocycles. The molecule has 0 radical (unpaired) electrons. The van der Waals surface area contributed by atoms with Gasteiger partial charge >= 0.3 is 0 Å². The van der Waals surface area contributed by atoms with Gasteiger partial charge in [-0.15, -0.1) is 0 Å². The van der Waals surface area contributed by atoms with Crippen molar-refractivity contribution in [1.29, 1.82) is 5.26 Å². The number of rotatable bonds is 2. The van der Waals surface area contributed by atoms with E-state index in [0.717, 1.165) is 34.8 Å². The summed E-state index contributed by atoms with van der Waals surface area (Å²) in [6, 6.07) is 9.75. The summed E-state index contributed by atoms with van der Waals surface area (Å²) in [5, 5.41) is 13.5. The summed E-state index contributed by atoms with van der Waals surface area (Å²) in [6.45, 7) is 4.84. The molecule has 0 fully saturated rings. The summed E-state index contributed by atoms with van der Waals surface area (Å²) in [7, 11) is 1.97. The van der Waals surface area contributed by atoms with Gasteiger partial charge in [0, 0.05) is 13.6 Å². The van der Waals surface area contributed by atoms with Crippen molar-refractivity contribution < 1.29 is 0 Å². The van der Waals surface area contributed by atoms with Crippen molar-refractivity contribution in [2.75, 3.05) is 0 Å². The number of hydrogen-bond acceptors (Lipinski definition) is 3. The Labute approximate surface area is 117 Å². The lowest BCUT2D eigenvalue weighted by Crippen LogP contribution is -2.02. The molecule has 2 heterocycles. The van der Waals surface area contributed by atoms with Crippen LogP contribution in [0, 0.1) is 18.3 Å². The number of fused-ring (bicyclic) bond motifs is 1. The van der Waals surface area contributed by atoms with Crippen molar-refractivity contribution >= 4 is 11.0 Å². The van der Waals surface area contributed by atoms with Crippen molar-refractivity contribution in [2.45, 2.75) is 20.4 Å². The van der Waals surface area contributed by atoms with E-state index in [0.29, 0.717) is 5.56 Å². The van der Waals surface area contributed by atoms with Gasteiger partial charge in [-0.2, -0.15) is 10.4 Å². The van der Waals surface area contributed by atoms with Gasteiger partial charge in [-0.25, -0.2) is 4.98 Å². The molecule has 0 unspecified atom stereocenters. The highest BCUT2D eigenvalue weighted by atomic mass is 15.3. The number of aryl methyl sites for hydroxylation is 3. The third-order valence-corrected chi connectivity index (χ3v) is 3.44. The lowest BCUT2D eigenvalue weighted by atomic mass is 10.2. The number of nitriles is 1. The van der Waals surface area contributed by atoms with E-state index in [1.54, 1.807) is 6.07 Å². The summed E-state index contributed by atoms with van der Waals surface area (Å²) in [4.78, 5) is 4.67. The van der Waals surface area contributed by atoms with Crippen LogP contribution in [0.5, 0.6) is 0 Å². The number of benzene rings is 1. The van der Waals surface area contributed by atoms with Gasteiger partial charge in [0.15, 0.2) is 5.82 Å². The molecular formula is C15H15N5. The van der Waals surface area contributed by atoms with Gasteiger partial charge < -0.3 is 4.57 Å². The molecule has 100 valence electrons. The summed E-state index contributed by atoms with van der Waals surface area (Å²) < 4.78 is 3.96. The molecule has 0 amide bonds. The Morgan fingerprint density at radius 2 is 2.10 bits per heavy atom. The van der Waals surface area contributed by atoms with E-state index in [9.17, 15) is 0 Å². The highest BCUT2D eigenvalue weighted by Gasteiger charge is 2.15. The normalized spacial score (nSPS) is 10.9. The van der Waals surface area contributed by atoms with Crippen LogP contribution in [0.1, 0.15) is 18.2 Å². The fraction of sp³-hybridized carbons (Fsp3) is 0.267. The van der Waals surface area contributed by atoms with E-state index < -0.39 is 0 Å². The quantitative estimate of drug-likeness (QED) is 0.715. The molecule has 3 aromatic rings. The Bertz CT molecular complexity index is 832. The predicted molar refractivity (Wildman–Crippen MR) is 77.1 cm³/mol. The third kappa shape index (κ3) is 1.77. The fourth-order valence-corrected chi connectivity index (χ4v) is 2.46. The molecule has 0 saturated carbocycles. The van der Waals surface area contributed by atoms with E-state index in [1.165, 1.54) is 0 Å². The van der Waals surface area contributed by atoms with E-state index in [1.807, 2.05) is 41.4 Å². The first-order chi connectivity index (χ1) is 9.63. The Balaban J connectivity index is 2.27. The second kappa shape index (κ2) is 4.49. The van der Waals surface area contributed by atoms with Gasteiger partial charge in [-0.05, 0) is 38.1 Å². The van der Waals surface area contributed by atoms with Crippen LogP contribution in [-0.4, -0.2) is 19.3 Å². The number of nitrogens with zero attached hydrogens (tertiary/aromatic N) is 5. The van der Waals surface area contributed by atoms with E-state index >= 15 is 0 Å². The summed E-state index contributed by atoms with van der Waals surface area (Å²) >= 11 is 0. The van der Waals surface area contributed by atoms with Crippen LogP contribution < -0.4 is 0 Å². The predicted octanol–water partition coefficient (Wildman–Crippen LogP) is 2.64. The van der Waals surface area contributed by atoms with Crippen LogP contribution in [0.15, 0.2) is 24.3 Å². The third-order valence-electron chi connectivity index (χ3n) is 3.44. The fourth-order valence-electron chi connectivity index (χ4n) is 2.46. The Hall–Kier alpha value is -2.61. The smallest absolute Gasteiger partial charge is 0.159 e. The summed E-state index contributed by atoms with van der Waals surface area (Å²) in [5.74, 6) is 0.873. The zero-order chi connectivity index (χ0) is 14.3. The van der Waals surface area contributed by atoms with Crippen molar-refractivity contribution in [3.8, 4) is 17.6 Å². The average Bonchev–Trinajstić information content (AvgIpc) is 2.99. The van der Waals surface area contributed by atoms with Crippen molar-refractivity contribution in [2.24, 2.45) is 7.05 Å². The maximum Gasteiger partial charge on any atom is 0.159 e. The van der Waals surface area contributed by atoms with Gasteiger partial charge in [0.25, 0.3) is 0 Å². The molecule has 0 bridgehead atoms. The lowest BCUT2D eigenvalue weighted by Gasteiger charge is -2.04. The number of aromatic nitrogens is 4. The molecule has 5 nitrogen and oxygen atoms in total. The molecule has 3 rings (SSSR count). The second-order valence-corrected chi connectivity index (χ2v) is 4.80. The van der Waals surface area contributed by atoms with Crippen molar-refractivity contribution in [3.63, 3.8) is 0 Å². The number of imidazole rings is 1. The minimum atomic E-state index is 0.646. The van der Waals surface area contributed by atoms with E-state index in [-0.39, 0.29) is 0 Å². The SMILES string of the molecule is CCn1nc(C)cc1-c1nc2ccc(C#N)cc2n1C. The zero-order valence-corrected chi connectivity index (χ0v) is 11.8. The van der Waals surface area contributed by atoms with Gasteiger partial charge in [0.05, 0.1) is 28.4 Å². The Kier molecular flexibility index (Phi) is 2.79. The second-order valence-electron chi connectivity index (χ2n) is 4.80. The Morgan fingerprint density at radius 3 is 2.80 bits per heavy atom. The minimum absolute atomic E-state index is 0.646. The molecule has 20 heavy (non-hydrogen) atoms. The maximum absolute atomic E-state index is 9.00. The molecule has 1 aromatic carbocycles. The van der Waals surface area contributed by atoms with Crippen molar-refractivity contribution in [1.82, 2.24) is 19.3 Å². The highest BCUT2D eigenvalue weighted by molar-refractivity contribution is 5.81. The first kappa shape index (κ1) is 12.4. The topological polar surface area (TPSA) is 59.4 Å². The molecule has 0 atom stereocenters.